The monoisotopic (exact) mass is 245 g/mol. The normalized spacial score (nSPS) is 16.0. The van der Waals surface area contributed by atoms with Gasteiger partial charge in [0.25, 0.3) is 0 Å². The predicted molar refractivity (Wildman–Crippen MR) is 61.4 cm³/mol. The number of hydrogen-bond donors (Lipinski definition) is 0. The lowest BCUT2D eigenvalue weighted by molar-refractivity contribution is -0.114. The van der Waals surface area contributed by atoms with E-state index < -0.39 is 11.7 Å². The zero-order valence-corrected chi connectivity index (χ0v) is 10.5. The molecule has 90 valence electrons. The van der Waals surface area contributed by atoms with E-state index >= 15 is 0 Å². The molecule has 0 aromatic carbocycles. The summed E-state index contributed by atoms with van der Waals surface area (Å²) in [6.45, 7) is 5.84. The first-order valence-electron chi connectivity index (χ1n) is 5.15. The van der Waals surface area contributed by atoms with Crippen LogP contribution in [0.25, 0.3) is 0 Å². The Morgan fingerprint density at radius 2 is 2.12 bits per heavy atom. The molecule has 1 aliphatic heterocycles. The number of hydrogen-bond acceptors (Lipinski definition) is 3. The van der Waals surface area contributed by atoms with Gasteiger partial charge in [-0.1, -0.05) is 6.08 Å². The smallest absolute Gasteiger partial charge is 0.414 e. The van der Waals surface area contributed by atoms with Gasteiger partial charge in [0.2, 0.25) is 0 Å². The minimum atomic E-state index is -0.561. The van der Waals surface area contributed by atoms with E-state index in [-0.39, 0.29) is 11.7 Å². The molecule has 0 spiro atoms. The standard InChI is InChI=1S/C11H16ClNO3/c1-11(2,3)16-10(15)13-6-4-5-8(13)9(14)7-12/h5H,4,6-7H2,1-3H3. The number of ketones is 1. The number of halogens is 1. The number of nitrogens with zero attached hydrogens (tertiary/aromatic N) is 1. The van der Waals surface area contributed by atoms with Crippen molar-refractivity contribution in [3.05, 3.63) is 11.8 Å². The highest BCUT2D eigenvalue weighted by Gasteiger charge is 2.29. The molecule has 16 heavy (non-hydrogen) atoms. The molecule has 0 saturated heterocycles. The van der Waals surface area contributed by atoms with Crippen LogP contribution in [0, 0.1) is 0 Å². The highest BCUT2D eigenvalue weighted by molar-refractivity contribution is 6.30. The summed E-state index contributed by atoms with van der Waals surface area (Å²) < 4.78 is 5.20. The molecule has 4 nitrogen and oxygen atoms in total. The molecule has 1 heterocycles. The van der Waals surface area contributed by atoms with Crippen molar-refractivity contribution in [2.75, 3.05) is 12.4 Å². The van der Waals surface area contributed by atoms with Crippen LogP contribution in [0.1, 0.15) is 27.2 Å². The van der Waals surface area contributed by atoms with Crippen LogP contribution >= 0.6 is 11.6 Å². The van der Waals surface area contributed by atoms with Gasteiger partial charge in [-0.2, -0.15) is 0 Å². The Hall–Kier alpha value is -1.03. The molecule has 1 amide bonds. The summed E-state index contributed by atoms with van der Waals surface area (Å²) in [5.41, 5.74) is -0.210. The fourth-order valence-corrected chi connectivity index (χ4v) is 1.54. The second-order valence-corrected chi connectivity index (χ2v) is 4.83. The summed E-state index contributed by atoms with van der Waals surface area (Å²) in [6, 6.07) is 0. The molecule has 0 unspecified atom stereocenters. The topological polar surface area (TPSA) is 46.6 Å². The number of alkyl halides is 1. The zero-order chi connectivity index (χ0) is 12.3. The SMILES string of the molecule is CC(C)(C)OC(=O)N1CCC=C1C(=O)CCl. The number of Topliss-reactive ketones (excluding diaryl/α,β-unsaturated/α-hetero) is 1. The molecule has 0 bridgehead atoms. The number of allylic oxidation sites excluding steroid dienone is 1. The van der Waals surface area contributed by atoms with Gasteiger partial charge in [-0.25, -0.2) is 4.79 Å². The van der Waals surface area contributed by atoms with E-state index in [9.17, 15) is 9.59 Å². The molecule has 1 rings (SSSR count). The van der Waals surface area contributed by atoms with Crippen molar-refractivity contribution in [1.29, 1.82) is 0 Å². The maximum absolute atomic E-state index is 11.8. The Bertz CT molecular complexity index is 331. The maximum atomic E-state index is 11.8. The zero-order valence-electron chi connectivity index (χ0n) is 9.75. The van der Waals surface area contributed by atoms with Crippen molar-refractivity contribution in [3.8, 4) is 0 Å². The molecule has 0 aliphatic carbocycles. The molecule has 0 aromatic heterocycles. The number of ether oxygens (including phenoxy) is 1. The van der Waals surface area contributed by atoms with Gasteiger partial charge in [0, 0.05) is 6.54 Å². The highest BCUT2D eigenvalue weighted by atomic mass is 35.5. The number of rotatable bonds is 2. The first-order valence-corrected chi connectivity index (χ1v) is 5.68. The van der Waals surface area contributed by atoms with Crippen molar-refractivity contribution >= 4 is 23.5 Å². The third-order valence-corrected chi connectivity index (χ3v) is 2.24. The number of carbonyl (C=O) groups is 2. The molecule has 1 aliphatic rings. The lowest BCUT2D eigenvalue weighted by Gasteiger charge is -2.25. The molecule has 5 heteroatoms. The minimum absolute atomic E-state index is 0.120. The quantitative estimate of drug-likeness (QED) is 0.702. The van der Waals surface area contributed by atoms with E-state index in [1.54, 1.807) is 26.8 Å². The molecular formula is C11H16ClNO3. The fraction of sp³-hybridized carbons (Fsp3) is 0.636. The van der Waals surface area contributed by atoms with Gasteiger partial charge in [-0.15, -0.1) is 11.6 Å². The third kappa shape index (κ3) is 3.23. The van der Waals surface area contributed by atoms with Gasteiger partial charge in [-0.3, -0.25) is 9.69 Å². The van der Waals surface area contributed by atoms with Gasteiger partial charge in [0.1, 0.15) is 5.60 Å². The van der Waals surface area contributed by atoms with Crippen LogP contribution in [-0.2, 0) is 9.53 Å². The van der Waals surface area contributed by atoms with Crippen molar-refractivity contribution in [1.82, 2.24) is 4.90 Å². The van der Waals surface area contributed by atoms with E-state index in [0.717, 1.165) is 0 Å². The average Bonchev–Trinajstić information content (AvgIpc) is 2.62. The largest absolute Gasteiger partial charge is 0.443 e. The lowest BCUT2D eigenvalue weighted by Crippen LogP contribution is -2.36. The molecule has 0 atom stereocenters. The van der Waals surface area contributed by atoms with Gasteiger partial charge < -0.3 is 4.74 Å². The highest BCUT2D eigenvalue weighted by Crippen LogP contribution is 2.20. The summed E-state index contributed by atoms with van der Waals surface area (Å²) in [5.74, 6) is -0.365. The van der Waals surface area contributed by atoms with Crippen LogP contribution in [-0.4, -0.2) is 34.8 Å². The summed E-state index contributed by atoms with van der Waals surface area (Å²) >= 11 is 5.47. The summed E-state index contributed by atoms with van der Waals surface area (Å²) in [7, 11) is 0. The van der Waals surface area contributed by atoms with Crippen molar-refractivity contribution in [3.63, 3.8) is 0 Å². The van der Waals surface area contributed by atoms with Crippen LogP contribution in [0.4, 0.5) is 4.79 Å². The van der Waals surface area contributed by atoms with Crippen LogP contribution in [0.15, 0.2) is 11.8 Å². The van der Waals surface area contributed by atoms with Crippen LogP contribution in [0.3, 0.4) is 0 Å². The maximum Gasteiger partial charge on any atom is 0.414 e. The molecule has 0 N–H and O–H groups in total. The fourth-order valence-electron chi connectivity index (χ4n) is 1.40. The third-order valence-electron chi connectivity index (χ3n) is 2.00. The summed E-state index contributed by atoms with van der Waals surface area (Å²) in [4.78, 5) is 24.5. The second kappa shape index (κ2) is 4.87. The van der Waals surface area contributed by atoms with Crippen LogP contribution < -0.4 is 0 Å². The minimum Gasteiger partial charge on any atom is -0.443 e. The molecule has 0 radical (unpaired) electrons. The van der Waals surface area contributed by atoms with Crippen LogP contribution in [0.2, 0.25) is 0 Å². The summed E-state index contributed by atoms with van der Waals surface area (Å²) in [5, 5.41) is 0. The number of carbonyl (C=O) groups excluding carboxylic acids is 2. The summed E-state index contributed by atoms with van der Waals surface area (Å²) in [6.07, 6.45) is 1.89. The van der Waals surface area contributed by atoms with Gasteiger partial charge in [0.05, 0.1) is 11.6 Å². The van der Waals surface area contributed by atoms with Gasteiger partial charge in [0.15, 0.2) is 5.78 Å². The van der Waals surface area contributed by atoms with Crippen molar-refractivity contribution < 1.29 is 14.3 Å². The van der Waals surface area contributed by atoms with Crippen molar-refractivity contribution in [2.45, 2.75) is 32.8 Å². The lowest BCUT2D eigenvalue weighted by atomic mass is 10.2. The van der Waals surface area contributed by atoms with E-state index in [4.69, 9.17) is 16.3 Å². The second-order valence-electron chi connectivity index (χ2n) is 4.57. The van der Waals surface area contributed by atoms with E-state index in [2.05, 4.69) is 0 Å². The first-order chi connectivity index (χ1) is 7.35. The molecule has 0 fully saturated rings. The Morgan fingerprint density at radius 3 is 2.62 bits per heavy atom. The molecular weight excluding hydrogens is 230 g/mol. The van der Waals surface area contributed by atoms with Crippen LogP contribution in [0.5, 0.6) is 0 Å². The Balaban J connectivity index is 2.71. The van der Waals surface area contributed by atoms with E-state index in [1.807, 2.05) is 0 Å². The Morgan fingerprint density at radius 1 is 1.50 bits per heavy atom. The first kappa shape index (κ1) is 13.0. The van der Waals surface area contributed by atoms with Gasteiger partial charge >= 0.3 is 6.09 Å². The Labute approximate surface area is 100 Å². The van der Waals surface area contributed by atoms with E-state index in [1.165, 1.54) is 4.90 Å². The molecule has 0 saturated carbocycles. The number of amides is 1. The predicted octanol–water partition coefficient (Wildman–Crippen LogP) is 2.32. The molecule has 0 aromatic rings. The Kier molecular flexibility index (Phi) is 3.97. The van der Waals surface area contributed by atoms with E-state index in [0.29, 0.717) is 18.7 Å². The van der Waals surface area contributed by atoms with Crippen molar-refractivity contribution in [2.24, 2.45) is 0 Å². The average molecular weight is 246 g/mol. The van der Waals surface area contributed by atoms with Gasteiger partial charge in [-0.05, 0) is 27.2 Å².